The summed E-state index contributed by atoms with van der Waals surface area (Å²) >= 11 is 0. The number of fused-ring (bicyclic) bond motifs is 1. The Balaban J connectivity index is 1.68. The molecule has 0 saturated heterocycles. The number of hydrogen-bond donors (Lipinski definition) is 0. The maximum absolute atomic E-state index is 12.5. The molecule has 0 N–H and O–H groups in total. The average molecular weight is 300 g/mol. The van der Waals surface area contributed by atoms with Crippen molar-refractivity contribution in [2.75, 3.05) is 13.6 Å². The van der Waals surface area contributed by atoms with Crippen LogP contribution in [0.25, 0.3) is 0 Å². The van der Waals surface area contributed by atoms with Gasteiger partial charge in [0.15, 0.2) is 0 Å². The largest absolute Gasteiger partial charge is 0.371 e. The molecule has 5 heteroatoms. The Morgan fingerprint density at radius 3 is 2.73 bits per heavy atom. The fraction of sp³-hybridized carbons (Fsp3) is 0.412. The van der Waals surface area contributed by atoms with Crippen LogP contribution in [-0.4, -0.2) is 35.7 Å². The van der Waals surface area contributed by atoms with Gasteiger partial charge in [-0.05, 0) is 25.0 Å². The molecule has 0 unspecified atom stereocenters. The van der Waals surface area contributed by atoms with Gasteiger partial charge in [-0.15, -0.1) is 0 Å². The van der Waals surface area contributed by atoms with Gasteiger partial charge < -0.3 is 14.2 Å². The lowest BCUT2D eigenvalue weighted by molar-refractivity contribution is 0.00979. The van der Waals surface area contributed by atoms with E-state index in [0.717, 1.165) is 6.42 Å². The maximum atomic E-state index is 12.5. The fourth-order valence-electron chi connectivity index (χ4n) is 2.89. The predicted octanol–water partition coefficient (Wildman–Crippen LogP) is 2.50. The lowest BCUT2D eigenvalue weighted by Crippen LogP contribution is -2.38. The minimum atomic E-state index is -0.0706. The molecule has 22 heavy (non-hydrogen) atoms. The van der Waals surface area contributed by atoms with Crippen molar-refractivity contribution in [3.8, 4) is 0 Å². The zero-order chi connectivity index (χ0) is 15.7. The zero-order valence-corrected chi connectivity index (χ0v) is 13.1. The van der Waals surface area contributed by atoms with Crippen molar-refractivity contribution in [1.29, 1.82) is 0 Å². The molecule has 2 aromatic rings. The smallest absolute Gasteiger partial charge is 0.259 e. The van der Waals surface area contributed by atoms with Crippen LogP contribution < -0.4 is 0 Å². The highest BCUT2D eigenvalue weighted by molar-refractivity contribution is 5.95. The van der Waals surface area contributed by atoms with Crippen LogP contribution in [0.2, 0.25) is 0 Å². The second-order valence-electron chi connectivity index (χ2n) is 5.79. The number of carbonyl (C=O) groups excluding carboxylic acids is 1. The standard InChI is InChI=1S/C17H20N2O3/c1-11-16(12(2)22-18-11)17(20)19(3)9-15-8-13-6-4-5-7-14(13)10-21-15/h4-7,15H,8-10H2,1-3H3/t15-/m0/s1. The molecule has 0 spiro atoms. The molecule has 1 amide bonds. The lowest BCUT2D eigenvalue weighted by Gasteiger charge is -2.29. The van der Waals surface area contributed by atoms with E-state index in [1.54, 1.807) is 25.8 Å². The number of amides is 1. The molecule has 3 rings (SSSR count). The number of likely N-dealkylation sites (N-methyl/N-ethyl adjacent to an activating group) is 1. The van der Waals surface area contributed by atoms with Crippen LogP contribution in [0, 0.1) is 13.8 Å². The average Bonchev–Trinajstić information content (AvgIpc) is 2.85. The van der Waals surface area contributed by atoms with Crippen LogP contribution >= 0.6 is 0 Å². The van der Waals surface area contributed by atoms with Crippen molar-refractivity contribution in [3.63, 3.8) is 0 Å². The minimum absolute atomic E-state index is 0.0179. The third-order valence-electron chi connectivity index (χ3n) is 4.11. The second kappa shape index (κ2) is 5.93. The van der Waals surface area contributed by atoms with Crippen molar-refractivity contribution in [3.05, 3.63) is 52.4 Å². The summed E-state index contributed by atoms with van der Waals surface area (Å²) in [6, 6.07) is 8.28. The predicted molar refractivity (Wildman–Crippen MR) is 81.7 cm³/mol. The minimum Gasteiger partial charge on any atom is -0.371 e. The van der Waals surface area contributed by atoms with E-state index in [4.69, 9.17) is 9.26 Å². The van der Waals surface area contributed by atoms with E-state index in [1.165, 1.54) is 11.1 Å². The van der Waals surface area contributed by atoms with Crippen LogP contribution in [0.4, 0.5) is 0 Å². The van der Waals surface area contributed by atoms with Crippen molar-refractivity contribution < 1.29 is 14.1 Å². The molecular weight excluding hydrogens is 280 g/mol. The summed E-state index contributed by atoms with van der Waals surface area (Å²) in [4.78, 5) is 14.2. The molecule has 2 heterocycles. The molecular formula is C17H20N2O3. The summed E-state index contributed by atoms with van der Waals surface area (Å²) in [6.07, 6.45) is 0.847. The van der Waals surface area contributed by atoms with Gasteiger partial charge in [-0.1, -0.05) is 29.4 Å². The molecule has 1 aromatic heterocycles. The van der Waals surface area contributed by atoms with E-state index in [-0.39, 0.29) is 12.0 Å². The van der Waals surface area contributed by atoms with Gasteiger partial charge in [0.1, 0.15) is 11.3 Å². The topological polar surface area (TPSA) is 55.6 Å². The molecule has 5 nitrogen and oxygen atoms in total. The number of aromatic nitrogens is 1. The number of aryl methyl sites for hydroxylation is 2. The Morgan fingerprint density at radius 1 is 1.32 bits per heavy atom. The van der Waals surface area contributed by atoms with Gasteiger partial charge in [0.25, 0.3) is 5.91 Å². The molecule has 0 bridgehead atoms. The van der Waals surface area contributed by atoms with E-state index in [0.29, 0.717) is 30.2 Å². The summed E-state index contributed by atoms with van der Waals surface area (Å²) in [5.41, 5.74) is 3.72. The molecule has 0 saturated carbocycles. The van der Waals surface area contributed by atoms with Crippen LogP contribution in [0.5, 0.6) is 0 Å². The highest BCUT2D eigenvalue weighted by Crippen LogP contribution is 2.21. The Labute approximate surface area is 129 Å². The van der Waals surface area contributed by atoms with Gasteiger partial charge in [0.05, 0.1) is 18.4 Å². The Kier molecular flexibility index (Phi) is 3.98. The van der Waals surface area contributed by atoms with Gasteiger partial charge in [-0.2, -0.15) is 0 Å². The molecule has 0 fully saturated rings. The number of carbonyl (C=O) groups is 1. The van der Waals surface area contributed by atoms with Crippen LogP contribution in [-0.2, 0) is 17.8 Å². The third kappa shape index (κ3) is 2.76. The number of benzene rings is 1. The van der Waals surface area contributed by atoms with Crippen molar-refractivity contribution in [1.82, 2.24) is 10.1 Å². The van der Waals surface area contributed by atoms with Crippen molar-refractivity contribution in [2.24, 2.45) is 0 Å². The number of rotatable bonds is 3. The summed E-state index contributed by atoms with van der Waals surface area (Å²) in [6.45, 7) is 4.70. The Morgan fingerprint density at radius 2 is 2.05 bits per heavy atom. The quantitative estimate of drug-likeness (QED) is 0.874. The fourth-order valence-corrected chi connectivity index (χ4v) is 2.89. The first-order valence-corrected chi connectivity index (χ1v) is 7.43. The molecule has 1 atom stereocenters. The summed E-state index contributed by atoms with van der Waals surface area (Å²) < 4.78 is 10.9. The molecule has 116 valence electrons. The van der Waals surface area contributed by atoms with E-state index in [9.17, 15) is 4.79 Å². The van der Waals surface area contributed by atoms with Gasteiger partial charge >= 0.3 is 0 Å². The summed E-state index contributed by atoms with van der Waals surface area (Å²) in [7, 11) is 1.79. The van der Waals surface area contributed by atoms with E-state index >= 15 is 0 Å². The normalized spacial score (nSPS) is 17.1. The molecule has 0 radical (unpaired) electrons. The highest BCUT2D eigenvalue weighted by atomic mass is 16.5. The van der Waals surface area contributed by atoms with Gasteiger partial charge in [-0.3, -0.25) is 4.79 Å². The first-order valence-electron chi connectivity index (χ1n) is 7.43. The van der Waals surface area contributed by atoms with E-state index < -0.39 is 0 Å². The SMILES string of the molecule is Cc1noc(C)c1C(=O)N(C)C[C@@H]1Cc2ccccc2CO1. The van der Waals surface area contributed by atoms with Gasteiger partial charge in [-0.25, -0.2) is 0 Å². The number of nitrogens with zero attached hydrogens (tertiary/aromatic N) is 2. The third-order valence-corrected chi connectivity index (χ3v) is 4.11. The second-order valence-corrected chi connectivity index (χ2v) is 5.79. The summed E-state index contributed by atoms with van der Waals surface area (Å²) in [5, 5.41) is 3.84. The number of ether oxygens (including phenoxy) is 1. The van der Waals surface area contributed by atoms with Crippen LogP contribution in [0.15, 0.2) is 28.8 Å². The molecule has 1 aliphatic heterocycles. The number of hydrogen-bond acceptors (Lipinski definition) is 4. The Bertz CT molecular complexity index is 673. The van der Waals surface area contributed by atoms with E-state index in [2.05, 4.69) is 17.3 Å². The van der Waals surface area contributed by atoms with Crippen LogP contribution in [0.3, 0.4) is 0 Å². The van der Waals surface area contributed by atoms with E-state index in [1.807, 2.05) is 12.1 Å². The lowest BCUT2D eigenvalue weighted by atomic mass is 9.99. The first kappa shape index (κ1) is 14.8. The van der Waals surface area contributed by atoms with Gasteiger partial charge in [0, 0.05) is 20.0 Å². The Hall–Kier alpha value is -2.14. The van der Waals surface area contributed by atoms with Crippen molar-refractivity contribution >= 4 is 5.91 Å². The molecule has 0 aliphatic carbocycles. The maximum Gasteiger partial charge on any atom is 0.259 e. The zero-order valence-electron chi connectivity index (χ0n) is 13.1. The monoisotopic (exact) mass is 300 g/mol. The van der Waals surface area contributed by atoms with Crippen molar-refractivity contribution in [2.45, 2.75) is 33.0 Å². The molecule has 1 aromatic carbocycles. The molecule has 1 aliphatic rings. The highest BCUT2D eigenvalue weighted by Gasteiger charge is 2.25. The van der Waals surface area contributed by atoms with Gasteiger partial charge in [0.2, 0.25) is 0 Å². The first-order chi connectivity index (χ1) is 10.6. The van der Waals surface area contributed by atoms with Crippen LogP contribution in [0.1, 0.15) is 32.9 Å². The summed E-state index contributed by atoms with van der Waals surface area (Å²) in [5.74, 6) is 0.489.